The van der Waals surface area contributed by atoms with E-state index in [0.717, 1.165) is 7.05 Å². The molecule has 1 atom stereocenters. The fourth-order valence-corrected chi connectivity index (χ4v) is 3.61. The van der Waals surface area contributed by atoms with Crippen molar-refractivity contribution in [1.29, 1.82) is 0 Å². The zero-order valence-corrected chi connectivity index (χ0v) is 18.0. The fraction of sp³-hybridized carbons (Fsp3) is 0.423. The summed E-state index contributed by atoms with van der Waals surface area (Å²) in [5, 5.41) is 0. The lowest BCUT2D eigenvalue weighted by Gasteiger charge is -2.33. The maximum absolute atomic E-state index is 13.5. The van der Waals surface area contributed by atoms with Crippen LogP contribution >= 0.6 is 0 Å². The fourth-order valence-electron chi connectivity index (χ4n) is 3.61. The molecule has 5 rings (SSSR count). The second kappa shape index (κ2) is 9.56. The molecule has 0 radical (unpaired) electrons. The number of amides is 3. The van der Waals surface area contributed by atoms with Crippen LogP contribution in [-0.4, -0.2) is 71.6 Å². The predicted octanol–water partition coefficient (Wildman–Crippen LogP) is 2.20. The van der Waals surface area contributed by atoms with E-state index in [1.165, 1.54) is 42.5 Å². The number of nitrogens with zero attached hydrogens (tertiary/aromatic N) is 3. The Morgan fingerprint density at radius 1 is 1.09 bits per heavy atom. The van der Waals surface area contributed by atoms with Gasteiger partial charge in [0.05, 0.1) is 29.2 Å². The van der Waals surface area contributed by atoms with E-state index in [-0.39, 0.29) is 29.0 Å². The van der Waals surface area contributed by atoms with Crippen LogP contribution in [0.15, 0.2) is 42.5 Å². The number of rotatable bonds is 6. The van der Waals surface area contributed by atoms with Gasteiger partial charge in [-0.1, -0.05) is 30.3 Å². The number of hydrogen-bond acceptors (Lipinski definition) is 6. The summed E-state index contributed by atoms with van der Waals surface area (Å²) in [5.74, 6) is -3.67. The highest BCUT2D eigenvalue weighted by Crippen LogP contribution is 2.34. The molecule has 0 unspecified atom stereocenters. The Bertz CT molecular complexity index is 1630. The number of imide groups is 1. The Morgan fingerprint density at radius 3 is 2.59 bits per heavy atom. The molecule has 3 heterocycles. The molecule has 34 heavy (non-hydrogen) atoms. The van der Waals surface area contributed by atoms with Crippen molar-refractivity contribution in [3.05, 3.63) is 64.7 Å². The van der Waals surface area contributed by atoms with Crippen molar-refractivity contribution in [2.24, 2.45) is 0 Å². The molecule has 8 heteroatoms. The molecule has 3 aliphatic heterocycles. The van der Waals surface area contributed by atoms with E-state index in [9.17, 15) is 14.4 Å². The monoisotopic (exact) mass is 476 g/mol. The third-order valence-corrected chi connectivity index (χ3v) is 5.44. The standard InChI is InChI=1S/C26H29N3O5/c1-27-24(30)10-9-22(26(27)32)29-16-21-20(25(29)31)3-2-4-23(21)34-17-19-7-5-18(6-8-19)15-28-11-13-33-14-12-28/h2-8,22H,9-17H2,1H3/t22-/m1/s1/i10D2,11D2,12D2,13D2,14D2,16D2,22D. The Balaban J connectivity index is 1.37. The molecule has 3 aliphatic rings. The van der Waals surface area contributed by atoms with E-state index in [1.807, 2.05) is 0 Å². The maximum Gasteiger partial charge on any atom is 0.255 e. The number of benzene rings is 2. The number of piperidine rings is 1. The van der Waals surface area contributed by atoms with Gasteiger partial charge in [0.25, 0.3) is 11.8 Å². The van der Waals surface area contributed by atoms with Gasteiger partial charge in [-0.2, -0.15) is 0 Å². The molecule has 0 N–H and O–H groups in total. The maximum atomic E-state index is 13.5. The first-order valence-electron chi connectivity index (χ1n) is 16.8. The van der Waals surface area contributed by atoms with Crippen LogP contribution in [-0.2, 0) is 34.0 Å². The lowest BCUT2D eigenvalue weighted by Crippen LogP contribution is -2.53. The molecule has 2 fully saturated rings. The molecular formula is C26H29N3O5. The van der Waals surface area contributed by atoms with Gasteiger partial charge in [0, 0.05) is 52.3 Å². The van der Waals surface area contributed by atoms with Crippen molar-refractivity contribution in [2.75, 3.05) is 33.2 Å². The zero-order valence-electron chi connectivity index (χ0n) is 31.0. The Labute approximate surface area is 217 Å². The quantitative estimate of drug-likeness (QED) is 0.595. The van der Waals surface area contributed by atoms with E-state index in [4.69, 9.17) is 22.6 Å². The molecule has 0 aliphatic carbocycles. The Kier molecular flexibility index (Phi) is 3.36. The largest absolute Gasteiger partial charge is 0.489 e. The highest BCUT2D eigenvalue weighted by Gasteiger charge is 2.42. The van der Waals surface area contributed by atoms with Crippen molar-refractivity contribution < 1.29 is 41.7 Å². The highest BCUT2D eigenvalue weighted by molar-refractivity contribution is 6.05. The van der Waals surface area contributed by atoms with Gasteiger partial charge in [-0.05, 0) is 29.7 Å². The van der Waals surface area contributed by atoms with Crippen molar-refractivity contribution in [2.45, 2.75) is 38.5 Å². The lowest BCUT2D eigenvalue weighted by atomic mass is 10.0. The van der Waals surface area contributed by atoms with Gasteiger partial charge in [-0.3, -0.25) is 24.2 Å². The second-order valence-electron chi connectivity index (χ2n) is 7.62. The highest BCUT2D eigenvalue weighted by atomic mass is 16.5. The van der Waals surface area contributed by atoms with Gasteiger partial charge in [0.15, 0.2) is 0 Å². The minimum absolute atomic E-state index is 0.120. The predicted molar refractivity (Wildman–Crippen MR) is 124 cm³/mol. The first-order chi connectivity index (χ1) is 21.3. The molecule has 178 valence electrons. The topological polar surface area (TPSA) is 79.4 Å². The number of carbonyl (C=O) groups excluding carboxylic acids is 3. The molecule has 0 aromatic heterocycles. The molecule has 2 aromatic rings. The summed E-state index contributed by atoms with van der Waals surface area (Å²) in [6.45, 7) is -16.1. The Hall–Kier alpha value is -3.23. The summed E-state index contributed by atoms with van der Waals surface area (Å²) in [6.07, 6.45) is -3.82. The van der Waals surface area contributed by atoms with Gasteiger partial charge < -0.3 is 14.4 Å². The van der Waals surface area contributed by atoms with E-state index >= 15 is 0 Å². The van der Waals surface area contributed by atoms with Crippen LogP contribution < -0.4 is 4.74 Å². The number of hydrogen-bond donors (Lipinski definition) is 0. The molecule has 8 nitrogen and oxygen atoms in total. The van der Waals surface area contributed by atoms with Crippen molar-refractivity contribution >= 4 is 17.7 Å². The van der Waals surface area contributed by atoms with Crippen LogP contribution in [0.25, 0.3) is 0 Å². The number of likely N-dealkylation sites (N-methyl/N-ethyl adjacent to an activating group) is 1. The van der Waals surface area contributed by atoms with Crippen LogP contribution in [0.2, 0.25) is 0 Å². The Morgan fingerprint density at radius 2 is 1.82 bits per heavy atom. The summed E-state index contributed by atoms with van der Waals surface area (Å²) >= 11 is 0. The van der Waals surface area contributed by atoms with Crippen LogP contribution in [0.1, 0.15) is 57.7 Å². The van der Waals surface area contributed by atoms with Crippen LogP contribution in [0, 0.1) is 0 Å². The van der Waals surface area contributed by atoms with Crippen molar-refractivity contribution in [3.63, 3.8) is 0 Å². The van der Waals surface area contributed by atoms with Gasteiger partial charge in [-0.15, -0.1) is 0 Å². The van der Waals surface area contributed by atoms with Crippen LogP contribution in [0.5, 0.6) is 5.75 Å². The summed E-state index contributed by atoms with van der Waals surface area (Å²) < 4.78 is 117. The molecular weight excluding hydrogens is 434 g/mol. The van der Waals surface area contributed by atoms with E-state index in [2.05, 4.69) is 4.74 Å². The van der Waals surface area contributed by atoms with Crippen molar-refractivity contribution in [3.8, 4) is 5.75 Å². The summed E-state index contributed by atoms with van der Waals surface area (Å²) in [5.41, 5.74) is 0.228. The molecule has 2 aromatic carbocycles. The van der Waals surface area contributed by atoms with E-state index in [0.29, 0.717) is 20.3 Å². The minimum atomic E-state index is -3.18. The molecule has 2 saturated heterocycles. The third-order valence-electron chi connectivity index (χ3n) is 5.44. The SMILES string of the molecule is [2H]C1([2H])C[C@@]([2H])(N2C(=O)c3cccc(OCc4ccc(CN5C([2H])([2H])C([2H])([2H])OC([2H])([2H])C5([2H])[2H])cc4)c3C2([2H])[2H])C(=O)N(C)C1=O. The number of morpholine rings is 1. The number of ether oxygens (including phenoxy) is 2. The summed E-state index contributed by atoms with van der Waals surface area (Å²) in [4.78, 5) is 39.9. The molecule has 0 saturated carbocycles. The molecule has 0 spiro atoms. The zero-order chi connectivity index (χ0) is 35.3. The minimum Gasteiger partial charge on any atom is -0.489 e. The van der Waals surface area contributed by atoms with Crippen LogP contribution in [0.3, 0.4) is 0 Å². The number of fused-ring (bicyclic) bond motifs is 1. The lowest BCUT2D eigenvalue weighted by molar-refractivity contribution is -0.150. The first kappa shape index (κ1) is 12.0. The summed E-state index contributed by atoms with van der Waals surface area (Å²) in [6, 6.07) is 7.15. The average Bonchev–Trinajstić information content (AvgIpc) is 3.17. The number of carbonyl (C=O) groups is 3. The van der Waals surface area contributed by atoms with Crippen molar-refractivity contribution in [1.82, 2.24) is 14.7 Å². The van der Waals surface area contributed by atoms with Gasteiger partial charge in [0.2, 0.25) is 5.91 Å². The van der Waals surface area contributed by atoms with E-state index in [1.54, 1.807) is 0 Å². The smallest absolute Gasteiger partial charge is 0.255 e. The van der Waals surface area contributed by atoms with Gasteiger partial charge in [-0.25, -0.2) is 0 Å². The van der Waals surface area contributed by atoms with E-state index < -0.39 is 75.7 Å². The average molecular weight is 477 g/mol. The summed E-state index contributed by atoms with van der Waals surface area (Å²) in [7, 11) is 0.956. The van der Waals surface area contributed by atoms with Gasteiger partial charge in [0.1, 0.15) is 18.4 Å². The number of likely N-dealkylation sites (tertiary alicyclic amines) is 1. The second-order valence-corrected chi connectivity index (χ2v) is 7.62. The van der Waals surface area contributed by atoms with Gasteiger partial charge >= 0.3 is 0 Å². The normalized spacial score (nSPS) is 37.9. The first-order valence-corrected chi connectivity index (χ1v) is 10.3. The van der Waals surface area contributed by atoms with Crippen LogP contribution in [0.4, 0.5) is 0 Å². The third kappa shape index (κ3) is 4.43. The molecule has 3 amide bonds. The molecule has 0 bridgehead atoms.